The Morgan fingerprint density at radius 2 is 1.81 bits per heavy atom. The summed E-state index contributed by atoms with van der Waals surface area (Å²) < 4.78 is 7.75. The van der Waals surface area contributed by atoms with Crippen LogP contribution < -0.4 is 16.2 Å². The summed E-state index contributed by atoms with van der Waals surface area (Å²) in [5.74, 6) is 1.80. The summed E-state index contributed by atoms with van der Waals surface area (Å²) in [6, 6.07) is 17.3. The zero-order valence-corrected chi connectivity index (χ0v) is 17.4. The van der Waals surface area contributed by atoms with Crippen LogP contribution in [0.1, 0.15) is 12.5 Å². The van der Waals surface area contributed by atoms with Crippen LogP contribution in [0.5, 0.6) is 11.5 Å². The fourth-order valence-electron chi connectivity index (χ4n) is 4.05. The first-order chi connectivity index (χ1) is 15.6. The van der Waals surface area contributed by atoms with Gasteiger partial charge in [-0.05, 0) is 42.8 Å². The molecule has 3 heterocycles. The molecule has 9 heteroatoms. The number of hydrogen-bond acceptors (Lipinski definition) is 7. The first-order valence-electron chi connectivity index (χ1n) is 10.4. The highest BCUT2D eigenvalue weighted by molar-refractivity contribution is 5.98. The zero-order chi connectivity index (χ0) is 22.1. The molecule has 162 valence electrons. The molecule has 0 radical (unpaired) electrons. The number of amides is 1. The number of nitrogens with zero attached hydrogens (tertiary/aromatic N) is 5. The van der Waals surface area contributed by atoms with E-state index >= 15 is 0 Å². The number of aromatic nitrogens is 4. The monoisotopic (exact) mass is 429 g/mol. The van der Waals surface area contributed by atoms with E-state index in [9.17, 15) is 4.79 Å². The van der Waals surface area contributed by atoms with Gasteiger partial charge in [0.2, 0.25) is 5.91 Å². The smallest absolute Gasteiger partial charge is 0.236 e. The van der Waals surface area contributed by atoms with Crippen molar-refractivity contribution >= 4 is 22.8 Å². The van der Waals surface area contributed by atoms with Gasteiger partial charge in [-0.25, -0.2) is 14.6 Å². The molecule has 1 amide bonds. The lowest BCUT2D eigenvalue weighted by atomic mass is 10.1. The number of ether oxygens (including phenoxy) is 1. The number of anilines is 1. The summed E-state index contributed by atoms with van der Waals surface area (Å²) in [6.45, 7) is 1.19. The Morgan fingerprint density at radius 3 is 2.56 bits per heavy atom. The molecule has 1 aliphatic rings. The molecule has 0 bridgehead atoms. The second kappa shape index (κ2) is 8.27. The van der Waals surface area contributed by atoms with Crippen molar-refractivity contribution in [2.75, 3.05) is 25.4 Å². The number of hydrogen-bond donors (Lipinski definition) is 2. The molecule has 0 saturated carbocycles. The molecule has 4 aromatic rings. The van der Waals surface area contributed by atoms with Crippen LogP contribution in [0.15, 0.2) is 60.9 Å². The minimum Gasteiger partial charge on any atom is -0.457 e. The molecule has 5 rings (SSSR count). The number of nitrogen functional groups attached to an aromatic ring is 1. The van der Waals surface area contributed by atoms with Crippen LogP contribution in [0, 0.1) is 0 Å². The van der Waals surface area contributed by atoms with E-state index in [0.29, 0.717) is 35.6 Å². The molecule has 2 aromatic carbocycles. The van der Waals surface area contributed by atoms with E-state index in [1.165, 1.54) is 6.33 Å². The molecule has 0 spiro atoms. The number of likely N-dealkylation sites (tertiary alicyclic amines) is 1. The van der Waals surface area contributed by atoms with Gasteiger partial charge >= 0.3 is 0 Å². The molecule has 2 aromatic heterocycles. The molecule has 4 N–H and O–H groups in total. The van der Waals surface area contributed by atoms with Crippen LogP contribution in [-0.2, 0) is 4.79 Å². The quantitative estimate of drug-likeness (QED) is 0.499. The van der Waals surface area contributed by atoms with E-state index in [2.05, 4.69) is 9.97 Å². The highest BCUT2D eigenvalue weighted by Gasteiger charge is 2.30. The lowest BCUT2D eigenvalue weighted by molar-refractivity contribution is -0.128. The Kier molecular flexibility index (Phi) is 5.16. The third kappa shape index (κ3) is 3.63. The predicted octanol–water partition coefficient (Wildman–Crippen LogP) is 2.60. The van der Waals surface area contributed by atoms with Crippen LogP contribution in [0.25, 0.3) is 22.3 Å². The maximum atomic E-state index is 12.0. The number of carbonyl (C=O) groups is 1. The fraction of sp³-hybridized carbons (Fsp3) is 0.217. The van der Waals surface area contributed by atoms with E-state index in [1.54, 1.807) is 4.90 Å². The minimum absolute atomic E-state index is 0.00302. The van der Waals surface area contributed by atoms with Crippen LogP contribution in [-0.4, -0.2) is 50.2 Å². The first kappa shape index (κ1) is 20.0. The zero-order valence-electron chi connectivity index (χ0n) is 17.4. The molecule has 1 fully saturated rings. The summed E-state index contributed by atoms with van der Waals surface area (Å²) in [7, 11) is 0. The molecule has 32 heavy (non-hydrogen) atoms. The number of para-hydroxylation sites is 1. The van der Waals surface area contributed by atoms with E-state index in [1.807, 2.05) is 59.3 Å². The average molecular weight is 429 g/mol. The van der Waals surface area contributed by atoms with Crippen molar-refractivity contribution in [3.63, 3.8) is 0 Å². The van der Waals surface area contributed by atoms with Crippen LogP contribution in [0.2, 0.25) is 0 Å². The highest BCUT2D eigenvalue weighted by Crippen LogP contribution is 2.34. The molecule has 1 unspecified atom stereocenters. The SMILES string of the molecule is NCC(=O)N1CCC(n2nc(-c3ccc(Oc4ccccc4)cc3)c3c(N)ncnc32)C1. The molecule has 1 saturated heterocycles. The number of benzene rings is 2. The van der Waals surface area contributed by atoms with Gasteiger partial charge in [-0.1, -0.05) is 18.2 Å². The Hall–Kier alpha value is -3.98. The number of carbonyl (C=O) groups excluding carboxylic acids is 1. The van der Waals surface area contributed by atoms with Crippen molar-refractivity contribution in [2.24, 2.45) is 5.73 Å². The molecular formula is C23H23N7O2. The Bertz CT molecular complexity index is 1250. The number of nitrogens with two attached hydrogens (primary N) is 2. The predicted molar refractivity (Wildman–Crippen MR) is 121 cm³/mol. The molecule has 9 nitrogen and oxygen atoms in total. The molecule has 1 atom stereocenters. The van der Waals surface area contributed by atoms with Gasteiger partial charge in [-0.3, -0.25) is 4.79 Å². The summed E-state index contributed by atoms with van der Waals surface area (Å²) in [6.07, 6.45) is 2.21. The summed E-state index contributed by atoms with van der Waals surface area (Å²) in [5.41, 5.74) is 14.0. The van der Waals surface area contributed by atoms with Gasteiger partial charge in [0.1, 0.15) is 29.3 Å². The lowest BCUT2D eigenvalue weighted by Gasteiger charge is -2.15. The Labute approximate surface area is 184 Å². The van der Waals surface area contributed by atoms with Crippen LogP contribution in [0.4, 0.5) is 5.82 Å². The first-order valence-corrected chi connectivity index (χ1v) is 10.4. The Morgan fingerprint density at radius 1 is 1.06 bits per heavy atom. The van der Waals surface area contributed by atoms with E-state index in [4.69, 9.17) is 21.3 Å². The molecule has 0 aliphatic carbocycles. The fourth-order valence-corrected chi connectivity index (χ4v) is 4.05. The summed E-state index contributed by atoms with van der Waals surface area (Å²) in [5, 5.41) is 5.56. The maximum Gasteiger partial charge on any atom is 0.236 e. The molecule has 1 aliphatic heterocycles. The normalized spacial score (nSPS) is 15.9. The van der Waals surface area contributed by atoms with Crippen molar-refractivity contribution in [3.05, 3.63) is 60.9 Å². The maximum absolute atomic E-state index is 12.0. The molecular weight excluding hydrogens is 406 g/mol. The largest absolute Gasteiger partial charge is 0.457 e. The second-order valence-electron chi connectivity index (χ2n) is 7.68. The van der Waals surface area contributed by atoms with Gasteiger partial charge in [0.05, 0.1) is 18.0 Å². The van der Waals surface area contributed by atoms with Gasteiger partial charge in [-0.2, -0.15) is 5.10 Å². The van der Waals surface area contributed by atoms with Gasteiger partial charge in [-0.15, -0.1) is 0 Å². The topological polar surface area (TPSA) is 125 Å². The highest BCUT2D eigenvalue weighted by atomic mass is 16.5. The lowest BCUT2D eigenvalue weighted by Crippen LogP contribution is -2.34. The summed E-state index contributed by atoms with van der Waals surface area (Å²) in [4.78, 5) is 22.4. The van der Waals surface area contributed by atoms with E-state index < -0.39 is 0 Å². The Balaban J connectivity index is 1.49. The van der Waals surface area contributed by atoms with E-state index in [-0.39, 0.29) is 18.5 Å². The van der Waals surface area contributed by atoms with Crippen molar-refractivity contribution in [1.82, 2.24) is 24.6 Å². The van der Waals surface area contributed by atoms with Gasteiger partial charge in [0.15, 0.2) is 5.65 Å². The van der Waals surface area contributed by atoms with Gasteiger partial charge in [0.25, 0.3) is 0 Å². The second-order valence-corrected chi connectivity index (χ2v) is 7.68. The minimum atomic E-state index is -0.0627. The summed E-state index contributed by atoms with van der Waals surface area (Å²) >= 11 is 0. The third-order valence-electron chi connectivity index (χ3n) is 5.66. The van der Waals surface area contributed by atoms with Crippen molar-refractivity contribution in [3.8, 4) is 22.8 Å². The average Bonchev–Trinajstić information content (AvgIpc) is 3.46. The van der Waals surface area contributed by atoms with Crippen LogP contribution in [0.3, 0.4) is 0 Å². The van der Waals surface area contributed by atoms with Gasteiger partial charge in [0, 0.05) is 18.7 Å². The number of rotatable bonds is 5. The van der Waals surface area contributed by atoms with Gasteiger partial charge < -0.3 is 21.1 Å². The third-order valence-corrected chi connectivity index (χ3v) is 5.66. The van der Waals surface area contributed by atoms with Crippen molar-refractivity contribution in [2.45, 2.75) is 12.5 Å². The van der Waals surface area contributed by atoms with Crippen LogP contribution >= 0.6 is 0 Å². The van der Waals surface area contributed by atoms with E-state index in [0.717, 1.165) is 23.5 Å². The number of fused-ring (bicyclic) bond motifs is 1. The van der Waals surface area contributed by atoms with Crippen molar-refractivity contribution in [1.29, 1.82) is 0 Å². The standard InChI is InChI=1S/C23H23N7O2/c24-12-19(31)29-11-10-16(13-29)30-23-20(22(25)26-14-27-23)21(28-30)15-6-8-18(9-7-15)32-17-4-2-1-3-5-17/h1-9,14,16H,10-13,24H2,(H2,25,26,27). The van der Waals surface area contributed by atoms with Crippen molar-refractivity contribution < 1.29 is 9.53 Å².